The molecule has 1 aromatic heterocycles. The van der Waals surface area contributed by atoms with Crippen molar-refractivity contribution in [2.45, 2.75) is 27.7 Å². The Morgan fingerprint density at radius 3 is 2.32 bits per heavy atom. The normalized spacial score (nSPS) is 10.2. The Morgan fingerprint density at radius 2 is 1.72 bits per heavy atom. The van der Waals surface area contributed by atoms with Crippen LogP contribution in [0.3, 0.4) is 0 Å². The van der Waals surface area contributed by atoms with Gasteiger partial charge in [0.15, 0.2) is 0 Å². The second kappa shape index (κ2) is 8.23. The summed E-state index contributed by atoms with van der Waals surface area (Å²) in [5, 5.41) is 18.1. The maximum Gasteiger partial charge on any atom is 0.270 e. The summed E-state index contributed by atoms with van der Waals surface area (Å²) < 4.78 is 0. The second-order valence-electron chi connectivity index (χ2n) is 6.18. The Hall–Kier alpha value is -2.96. The van der Waals surface area contributed by atoms with Gasteiger partial charge in [0.05, 0.1) is 10.4 Å². The Kier molecular flexibility index (Phi) is 6.05. The number of anilines is 2. The van der Waals surface area contributed by atoms with Crippen LogP contribution in [-0.2, 0) is 0 Å². The molecule has 1 aromatic carbocycles. The molecule has 0 saturated carbocycles. The van der Waals surface area contributed by atoms with Gasteiger partial charge in [-0.05, 0) is 33.8 Å². The van der Waals surface area contributed by atoms with Crippen molar-refractivity contribution in [3.8, 4) is 0 Å². The third-order valence-corrected chi connectivity index (χ3v) is 3.44. The van der Waals surface area contributed by atoms with E-state index < -0.39 is 4.92 Å². The third kappa shape index (κ3) is 5.27. The lowest BCUT2D eigenvalue weighted by Gasteiger charge is -2.10. The molecule has 0 saturated heterocycles. The number of hydrogen-bond donors (Lipinski definition) is 2. The van der Waals surface area contributed by atoms with Crippen LogP contribution in [-0.4, -0.2) is 28.0 Å². The van der Waals surface area contributed by atoms with Gasteiger partial charge in [0, 0.05) is 30.6 Å². The predicted molar refractivity (Wildman–Crippen MR) is 102 cm³/mol. The minimum Gasteiger partial charge on any atom is -0.366 e. The first-order valence-corrected chi connectivity index (χ1v) is 8.07. The topological polar surface area (TPSA) is 93.0 Å². The van der Waals surface area contributed by atoms with Crippen LogP contribution >= 0.6 is 0 Å². The lowest BCUT2D eigenvalue weighted by atomic mass is 10.2. The Morgan fingerprint density at radius 1 is 1.08 bits per heavy atom. The number of nitro benzene ring substituents is 1. The summed E-state index contributed by atoms with van der Waals surface area (Å²) in [6.45, 7) is 9.27. The van der Waals surface area contributed by atoms with Gasteiger partial charge in [0.2, 0.25) is 5.95 Å². The number of allylic oxidation sites excluding steroid dienone is 2. The average molecular weight is 341 g/mol. The second-order valence-corrected chi connectivity index (χ2v) is 6.18. The van der Waals surface area contributed by atoms with E-state index >= 15 is 0 Å². The fraction of sp³-hybridized carbons (Fsp3) is 0.333. The third-order valence-electron chi connectivity index (χ3n) is 3.44. The van der Waals surface area contributed by atoms with Gasteiger partial charge >= 0.3 is 0 Å². The molecule has 2 rings (SSSR count). The first kappa shape index (κ1) is 18.4. The summed E-state index contributed by atoms with van der Waals surface area (Å²) in [7, 11) is 0. The van der Waals surface area contributed by atoms with E-state index in [1.165, 1.54) is 23.3 Å². The molecule has 2 aromatic rings. The van der Waals surface area contributed by atoms with Crippen molar-refractivity contribution in [2.75, 3.05) is 23.7 Å². The van der Waals surface area contributed by atoms with Crippen LogP contribution in [0.25, 0.3) is 10.9 Å². The van der Waals surface area contributed by atoms with Crippen LogP contribution in [0.2, 0.25) is 0 Å². The molecular formula is C18H23N5O2. The first-order chi connectivity index (χ1) is 11.9. The summed E-state index contributed by atoms with van der Waals surface area (Å²) in [5.41, 5.74) is 3.05. The number of hydrogen-bond acceptors (Lipinski definition) is 6. The van der Waals surface area contributed by atoms with E-state index in [4.69, 9.17) is 0 Å². The maximum absolute atomic E-state index is 11.0. The van der Waals surface area contributed by atoms with Gasteiger partial charge in [-0.25, -0.2) is 4.98 Å². The lowest BCUT2D eigenvalue weighted by molar-refractivity contribution is -0.384. The van der Waals surface area contributed by atoms with Gasteiger partial charge < -0.3 is 10.6 Å². The summed E-state index contributed by atoms with van der Waals surface area (Å²) >= 11 is 0. The molecule has 0 fully saturated rings. The minimum absolute atomic E-state index is 0.0200. The van der Waals surface area contributed by atoms with E-state index in [1.54, 1.807) is 6.07 Å². The SMILES string of the molecule is CC(C)=CCNc1nc(NCC=C(C)C)c2cc([N+](=O)[O-])ccc2n1. The highest BCUT2D eigenvalue weighted by Gasteiger charge is 2.12. The molecule has 0 radical (unpaired) electrons. The number of nitrogens with zero attached hydrogens (tertiary/aromatic N) is 3. The van der Waals surface area contributed by atoms with Crippen molar-refractivity contribution in [1.82, 2.24) is 9.97 Å². The van der Waals surface area contributed by atoms with E-state index in [2.05, 4.69) is 20.6 Å². The first-order valence-electron chi connectivity index (χ1n) is 8.07. The van der Waals surface area contributed by atoms with Gasteiger partial charge in [0.25, 0.3) is 5.69 Å². The number of nitro groups is 1. The summed E-state index contributed by atoms with van der Waals surface area (Å²) in [4.78, 5) is 19.6. The highest BCUT2D eigenvalue weighted by atomic mass is 16.6. The van der Waals surface area contributed by atoms with Gasteiger partial charge in [0.1, 0.15) is 5.82 Å². The van der Waals surface area contributed by atoms with E-state index in [9.17, 15) is 10.1 Å². The monoisotopic (exact) mass is 341 g/mol. The molecule has 1 heterocycles. The van der Waals surface area contributed by atoms with Crippen molar-refractivity contribution in [2.24, 2.45) is 0 Å². The minimum atomic E-state index is -0.416. The van der Waals surface area contributed by atoms with Crippen molar-refractivity contribution < 1.29 is 4.92 Å². The van der Waals surface area contributed by atoms with Gasteiger partial charge in [-0.2, -0.15) is 4.98 Å². The van der Waals surface area contributed by atoms with Gasteiger partial charge in [-0.3, -0.25) is 10.1 Å². The van der Waals surface area contributed by atoms with E-state index in [0.29, 0.717) is 35.8 Å². The molecule has 7 heteroatoms. The zero-order valence-electron chi connectivity index (χ0n) is 15.0. The smallest absolute Gasteiger partial charge is 0.270 e. The Balaban J connectivity index is 2.41. The number of aromatic nitrogens is 2. The number of rotatable bonds is 7. The Labute approximate surface area is 147 Å². The fourth-order valence-corrected chi connectivity index (χ4v) is 2.14. The molecule has 0 unspecified atom stereocenters. The Bertz CT molecular complexity index is 835. The van der Waals surface area contributed by atoms with Crippen molar-refractivity contribution >= 4 is 28.4 Å². The zero-order valence-corrected chi connectivity index (χ0v) is 15.0. The van der Waals surface area contributed by atoms with Crippen molar-refractivity contribution in [3.63, 3.8) is 0 Å². The van der Waals surface area contributed by atoms with Crippen LogP contribution in [0.15, 0.2) is 41.5 Å². The van der Waals surface area contributed by atoms with Crippen LogP contribution in [0.4, 0.5) is 17.5 Å². The maximum atomic E-state index is 11.0. The molecule has 7 nitrogen and oxygen atoms in total. The van der Waals surface area contributed by atoms with E-state index in [-0.39, 0.29) is 5.69 Å². The molecular weight excluding hydrogens is 318 g/mol. The van der Waals surface area contributed by atoms with Gasteiger partial charge in [-0.15, -0.1) is 0 Å². The summed E-state index contributed by atoms with van der Waals surface area (Å²) in [6, 6.07) is 4.60. The molecule has 132 valence electrons. The van der Waals surface area contributed by atoms with Crippen molar-refractivity contribution in [1.29, 1.82) is 0 Å². The van der Waals surface area contributed by atoms with E-state index in [0.717, 1.165) is 0 Å². The number of non-ortho nitro benzene ring substituents is 1. The van der Waals surface area contributed by atoms with Crippen LogP contribution in [0.1, 0.15) is 27.7 Å². The number of nitrogens with one attached hydrogen (secondary N) is 2. The van der Waals surface area contributed by atoms with E-state index in [1.807, 2.05) is 39.8 Å². The standard InChI is InChI=1S/C18H23N5O2/c1-12(2)7-9-19-17-15-11-14(23(24)25)5-6-16(15)21-18(22-17)20-10-8-13(3)4/h5-8,11H,9-10H2,1-4H3,(H2,19,20,21,22). The summed E-state index contributed by atoms with van der Waals surface area (Å²) in [5.74, 6) is 1.06. The fourth-order valence-electron chi connectivity index (χ4n) is 2.14. The lowest BCUT2D eigenvalue weighted by Crippen LogP contribution is -2.08. The molecule has 0 bridgehead atoms. The van der Waals surface area contributed by atoms with Gasteiger partial charge in [-0.1, -0.05) is 23.3 Å². The highest BCUT2D eigenvalue weighted by Crippen LogP contribution is 2.26. The zero-order chi connectivity index (χ0) is 18.4. The molecule has 0 aliphatic rings. The summed E-state index contributed by atoms with van der Waals surface area (Å²) in [6.07, 6.45) is 4.07. The number of benzene rings is 1. The van der Waals surface area contributed by atoms with Crippen LogP contribution < -0.4 is 10.6 Å². The highest BCUT2D eigenvalue weighted by molar-refractivity contribution is 5.91. The molecule has 25 heavy (non-hydrogen) atoms. The van der Waals surface area contributed by atoms with Crippen LogP contribution in [0.5, 0.6) is 0 Å². The molecule has 0 aliphatic carbocycles. The predicted octanol–water partition coefficient (Wildman–Crippen LogP) is 4.29. The largest absolute Gasteiger partial charge is 0.366 e. The number of fused-ring (bicyclic) bond motifs is 1. The molecule has 2 N–H and O–H groups in total. The quantitative estimate of drug-likeness (QED) is 0.443. The molecule has 0 atom stereocenters. The van der Waals surface area contributed by atoms with Crippen LogP contribution in [0, 0.1) is 10.1 Å². The van der Waals surface area contributed by atoms with Crippen molar-refractivity contribution in [3.05, 3.63) is 51.6 Å². The molecule has 0 aliphatic heterocycles. The molecule has 0 amide bonds. The average Bonchev–Trinajstić information content (AvgIpc) is 2.53. The molecule has 0 spiro atoms.